The van der Waals surface area contributed by atoms with Gasteiger partial charge in [-0.3, -0.25) is 10.1 Å². The van der Waals surface area contributed by atoms with Gasteiger partial charge in [0.05, 0.1) is 22.3 Å². The molecule has 0 amide bonds. The molecule has 1 unspecified atom stereocenters. The summed E-state index contributed by atoms with van der Waals surface area (Å²) in [5.41, 5.74) is 1.73. The first kappa shape index (κ1) is 19.9. The average Bonchev–Trinajstić information content (AvgIpc) is 3.05. The van der Waals surface area contributed by atoms with Crippen molar-refractivity contribution in [2.24, 2.45) is 0 Å². The molecule has 0 aliphatic heterocycles. The van der Waals surface area contributed by atoms with Crippen LogP contribution in [0.5, 0.6) is 0 Å². The molecule has 3 rings (SSSR count). The molecule has 2 heterocycles. The van der Waals surface area contributed by atoms with Crippen molar-refractivity contribution in [2.75, 3.05) is 5.32 Å². The quantitative estimate of drug-likeness (QED) is 0.280. The number of anilines is 2. The fraction of sp³-hybridized carbons (Fsp3) is 0.263. The molecule has 9 heteroatoms. The number of nitro benzene ring substituents is 1. The third-order valence-corrected chi connectivity index (χ3v) is 4.69. The summed E-state index contributed by atoms with van der Waals surface area (Å²) in [6.45, 7) is 5.72. The number of aromatic nitrogens is 2. The summed E-state index contributed by atoms with van der Waals surface area (Å²) < 4.78 is 5.60. The van der Waals surface area contributed by atoms with Crippen LogP contribution in [0.3, 0.4) is 0 Å². The van der Waals surface area contributed by atoms with E-state index in [2.05, 4.69) is 15.3 Å². The van der Waals surface area contributed by atoms with Crippen LogP contribution in [0.2, 0.25) is 0 Å². The van der Waals surface area contributed by atoms with Crippen molar-refractivity contribution in [3.63, 3.8) is 0 Å². The smallest absolute Gasteiger partial charge is 0.338 e. The topological polar surface area (TPSA) is 114 Å². The Hall–Kier alpha value is -2.88. The van der Waals surface area contributed by atoms with Crippen LogP contribution in [0.1, 0.15) is 30.6 Å². The van der Waals surface area contributed by atoms with Gasteiger partial charge in [0, 0.05) is 28.6 Å². The average molecular weight is 402 g/mol. The summed E-state index contributed by atoms with van der Waals surface area (Å²) in [4.78, 5) is 19.5. The lowest BCUT2D eigenvalue weighted by Crippen LogP contribution is -2.11. The van der Waals surface area contributed by atoms with E-state index >= 15 is 0 Å². The second-order valence-corrected chi connectivity index (χ2v) is 7.76. The summed E-state index contributed by atoms with van der Waals surface area (Å²) in [6, 6.07) is 9.77. The molecule has 2 aromatic heterocycles. The molecule has 0 fully saturated rings. The predicted molar refractivity (Wildman–Crippen MR) is 108 cm³/mol. The van der Waals surface area contributed by atoms with E-state index < -0.39 is 11.2 Å². The lowest BCUT2D eigenvalue weighted by Gasteiger charge is -2.13. The van der Waals surface area contributed by atoms with Crippen LogP contribution in [0, 0.1) is 17.0 Å². The molecule has 28 heavy (non-hydrogen) atoms. The molecule has 1 aromatic carbocycles. The molecule has 146 valence electrons. The Bertz CT molecular complexity index is 990. The van der Waals surface area contributed by atoms with Crippen LogP contribution < -0.4 is 10.3 Å². The van der Waals surface area contributed by atoms with Gasteiger partial charge in [0.1, 0.15) is 6.20 Å². The molecule has 0 spiro atoms. The fourth-order valence-corrected chi connectivity index (χ4v) is 3.32. The van der Waals surface area contributed by atoms with E-state index in [1.165, 1.54) is 12.1 Å². The largest absolute Gasteiger partial charge is 0.418 e. The number of non-ortho nitro benzene ring substituents is 1. The molecule has 4 N–H and O–H groups in total. The maximum atomic E-state index is 11.1. The minimum atomic E-state index is -0.893. The van der Waals surface area contributed by atoms with E-state index in [-0.39, 0.29) is 11.8 Å². The number of hydrogen-bond donors (Lipinski definition) is 1. The van der Waals surface area contributed by atoms with E-state index in [0.29, 0.717) is 22.6 Å². The van der Waals surface area contributed by atoms with Crippen LogP contribution in [0.15, 0.2) is 42.6 Å². The van der Waals surface area contributed by atoms with Crippen molar-refractivity contribution < 1.29 is 19.8 Å². The predicted octanol–water partition coefficient (Wildman–Crippen LogP) is 3.73. The number of hydrogen-bond acceptors (Lipinski definition) is 6. The van der Waals surface area contributed by atoms with Crippen molar-refractivity contribution in [3.05, 3.63) is 63.1 Å². The Morgan fingerprint density at radius 3 is 2.75 bits per heavy atom. The highest BCUT2D eigenvalue weighted by Crippen LogP contribution is 2.29. The number of pyridine rings is 1. The molecule has 0 bridgehead atoms. The first-order valence-electron chi connectivity index (χ1n) is 8.70. The Labute approximate surface area is 166 Å². The second-order valence-electron chi connectivity index (χ2n) is 6.50. The molecule has 0 aliphatic carbocycles. The summed E-state index contributed by atoms with van der Waals surface area (Å²) in [6.07, 6.45) is 0.879. The highest BCUT2D eigenvalue weighted by molar-refractivity contribution is 7.15. The number of benzene rings is 1. The number of aryl methyl sites for hydroxylation is 1. The van der Waals surface area contributed by atoms with Crippen molar-refractivity contribution >= 4 is 28.0 Å². The van der Waals surface area contributed by atoms with Gasteiger partial charge in [-0.05, 0) is 26.8 Å². The van der Waals surface area contributed by atoms with Gasteiger partial charge in [-0.2, -0.15) is 0 Å². The van der Waals surface area contributed by atoms with Crippen LogP contribution in [-0.2, 0) is 4.74 Å². The van der Waals surface area contributed by atoms with Gasteiger partial charge in [-0.1, -0.05) is 23.5 Å². The second kappa shape index (κ2) is 8.42. The number of nitro groups is 1. The Balaban J connectivity index is 2.03. The molecule has 0 aliphatic rings. The summed E-state index contributed by atoms with van der Waals surface area (Å²) in [5, 5.41) is 23.4. The molecule has 0 saturated heterocycles. The lowest BCUT2D eigenvalue weighted by atomic mass is 10.1. The number of rotatable bonds is 7. The molecule has 8 nitrogen and oxygen atoms in total. The number of nitrogens with one attached hydrogen (secondary N) is 2. The number of thiazole rings is 1. The van der Waals surface area contributed by atoms with Gasteiger partial charge in [-0.15, -0.1) is 0 Å². The third-order valence-electron chi connectivity index (χ3n) is 3.82. The Morgan fingerprint density at radius 2 is 2.11 bits per heavy atom. The molecular formula is C19H22N4O4S+2. The number of aromatic amines is 1. The maximum Gasteiger partial charge on any atom is 0.338 e. The van der Waals surface area contributed by atoms with Crippen LogP contribution in [0.25, 0.3) is 11.3 Å². The standard InChI is InChI=1S/C19H20N4O4S/c1-11(2)27-18(24)14-8-16(13-5-4-6-15(7-13)23(25)26)21-17(9-14)22-19-20-10-12(3)28-19/h4-11,18,24H,1-3H3,(H,20,21,22)/p+2. The van der Waals surface area contributed by atoms with Gasteiger partial charge in [0.15, 0.2) is 0 Å². The SMILES string of the molecule is Cc1c[nH+]c(Nc2cc(C([OH2+])OC(C)C)cc(-c3cccc([N+](=O)[O-])c3)n2)s1. The van der Waals surface area contributed by atoms with Gasteiger partial charge in [0.2, 0.25) is 5.82 Å². The van der Waals surface area contributed by atoms with Gasteiger partial charge in [-0.25, -0.2) is 15.3 Å². The number of nitrogens with zero attached hydrogens (tertiary/aromatic N) is 2. The van der Waals surface area contributed by atoms with Crippen LogP contribution in [0.4, 0.5) is 16.6 Å². The third kappa shape index (κ3) is 4.89. The van der Waals surface area contributed by atoms with Gasteiger partial charge in [0.25, 0.3) is 12.0 Å². The van der Waals surface area contributed by atoms with Crippen LogP contribution in [-0.4, -0.2) is 21.1 Å². The molecule has 0 saturated carbocycles. The summed E-state index contributed by atoms with van der Waals surface area (Å²) in [5.74, 6) is 0.529. The zero-order chi connectivity index (χ0) is 20.3. The van der Waals surface area contributed by atoms with Crippen molar-refractivity contribution in [1.29, 1.82) is 0 Å². The molecule has 1 atom stereocenters. The number of H-pyrrole nitrogens is 1. The zero-order valence-electron chi connectivity index (χ0n) is 15.7. The van der Waals surface area contributed by atoms with E-state index in [1.807, 2.05) is 27.0 Å². The maximum absolute atomic E-state index is 11.1. The van der Waals surface area contributed by atoms with Crippen LogP contribution >= 0.6 is 11.3 Å². The van der Waals surface area contributed by atoms with Gasteiger partial charge < -0.3 is 9.84 Å². The minimum Gasteiger partial charge on any atom is -0.418 e. The van der Waals surface area contributed by atoms with E-state index in [4.69, 9.17) is 9.84 Å². The summed E-state index contributed by atoms with van der Waals surface area (Å²) >= 11 is 1.54. The molecule has 3 aromatic rings. The normalized spacial score (nSPS) is 12.2. The lowest BCUT2D eigenvalue weighted by molar-refractivity contribution is -0.384. The van der Waals surface area contributed by atoms with Crippen molar-refractivity contribution in [3.8, 4) is 11.3 Å². The van der Waals surface area contributed by atoms with Crippen molar-refractivity contribution in [1.82, 2.24) is 4.98 Å². The van der Waals surface area contributed by atoms with E-state index in [0.717, 1.165) is 10.0 Å². The summed E-state index contributed by atoms with van der Waals surface area (Å²) in [7, 11) is 0. The monoisotopic (exact) mass is 402 g/mol. The Morgan fingerprint density at radius 1 is 1.32 bits per heavy atom. The number of ether oxygens (including phenoxy) is 1. The molecule has 0 radical (unpaired) electrons. The first-order chi connectivity index (χ1) is 13.3. The van der Waals surface area contributed by atoms with Crippen molar-refractivity contribution in [2.45, 2.75) is 33.2 Å². The van der Waals surface area contributed by atoms with Gasteiger partial charge >= 0.3 is 5.13 Å². The highest BCUT2D eigenvalue weighted by atomic mass is 32.1. The fourth-order valence-electron chi connectivity index (χ4n) is 2.61. The zero-order valence-corrected chi connectivity index (χ0v) is 16.5. The Kier molecular flexibility index (Phi) is 5.98. The first-order valence-corrected chi connectivity index (χ1v) is 9.52. The van der Waals surface area contributed by atoms with E-state index in [1.54, 1.807) is 35.6 Å². The highest BCUT2D eigenvalue weighted by Gasteiger charge is 2.20. The minimum absolute atomic E-state index is 0.0118. The molecular weight excluding hydrogens is 380 g/mol. The van der Waals surface area contributed by atoms with E-state index in [9.17, 15) is 10.1 Å².